The van der Waals surface area contributed by atoms with Gasteiger partial charge in [-0.25, -0.2) is 8.42 Å². The molecule has 0 aliphatic carbocycles. The molecule has 1 amide bonds. The van der Waals surface area contributed by atoms with Crippen molar-refractivity contribution in [2.45, 2.75) is 25.3 Å². The smallest absolute Gasteiger partial charge is 0.253 e. The maximum absolute atomic E-state index is 12.7. The van der Waals surface area contributed by atoms with Gasteiger partial charge in [0.2, 0.25) is 0 Å². The van der Waals surface area contributed by atoms with E-state index in [0.717, 1.165) is 28.4 Å². The number of sulfone groups is 1. The molecule has 0 aliphatic rings. The molecule has 0 bridgehead atoms. The second-order valence-electron chi connectivity index (χ2n) is 6.92. The minimum atomic E-state index is -3.23. The topological polar surface area (TPSA) is 77.4 Å². The van der Waals surface area contributed by atoms with Gasteiger partial charge in [-0.1, -0.05) is 12.1 Å². The summed E-state index contributed by atoms with van der Waals surface area (Å²) in [5.41, 5.74) is 4.19. The van der Waals surface area contributed by atoms with Crippen LogP contribution in [0.5, 0.6) is 5.75 Å². The third-order valence-electron chi connectivity index (χ3n) is 4.81. The monoisotopic (exact) mass is 412 g/mol. The molecule has 0 aliphatic heterocycles. The molecule has 7 heteroatoms. The molecule has 1 N–H and O–H groups in total. The maximum Gasteiger partial charge on any atom is 0.253 e. The van der Waals surface area contributed by atoms with Crippen molar-refractivity contribution in [1.29, 1.82) is 0 Å². The summed E-state index contributed by atoms with van der Waals surface area (Å²) in [5, 5.41) is 2.90. The summed E-state index contributed by atoms with van der Waals surface area (Å²) in [6, 6.07) is 16.0. The Morgan fingerprint density at radius 2 is 1.66 bits per heavy atom. The molecule has 0 spiro atoms. The van der Waals surface area contributed by atoms with E-state index in [-0.39, 0.29) is 10.8 Å². The Balaban J connectivity index is 1.76. The van der Waals surface area contributed by atoms with Gasteiger partial charge in [0.15, 0.2) is 9.84 Å². The number of nitrogens with zero attached hydrogens (tertiary/aromatic N) is 1. The first kappa shape index (κ1) is 20.7. The SMILES string of the molecule is COc1ccc(-n2c(C)cc(C(=O)NCc3ccc(S(C)(=O)=O)cc3)c2C)cc1. The van der Waals surface area contributed by atoms with Crippen LogP contribution in [0.3, 0.4) is 0 Å². The molecule has 3 rings (SSSR count). The highest BCUT2D eigenvalue weighted by Crippen LogP contribution is 2.23. The molecule has 29 heavy (non-hydrogen) atoms. The highest BCUT2D eigenvalue weighted by Gasteiger charge is 2.16. The molecule has 0 saturated carbocycles. The molecule has 1 aromatic heterocycles. The van der Waals surface area contributed by atoms with Crippen molar-refractivity contribution in [1.82, 2.24) is 9.88 Å². The second-order valence-corrected chi connectivity index (χ2v) is 8.93. The number of hydrogen-bond donors (Lipinski definition) is 1. The first-order valence-corrected chi connectivity index (χ1v) is 11.0. The summed E-state index contributed by atoms with van der Waals surface area (Å²) >= 11 is 0. The van der Waals surface area contributed by atoms with E-state index in [2.05, 4.69) is 5.32 Å². The third kappa shape index (κ3) is 4.51. The fourth-order valence-corrected chi connectivity index (χ4v) is 3.88. The molecule has 0 saturated heterocycles. The number of benzene rings is 2. The van der Waals surface area contributed by atoms with E-state index in [1.807, 2.05) is 48.7 Å². The van der Waals surface area contributed by atoms with Gasteiger partial charge in [0.25, 0.3) is 5.91 Å². The van der Waals surface area contributed by atoms with E-state index in [1.165, 1.54) is 6.26 Å². The van der Waals surface area contributed by atoms with Crippen molar-refractivity contribution >= 4 is 15.7 Å². The van der Waals surface area contributed by atoms with Gasteiger partial charge in [-0.3, -0.25) is 4.79 Å². The van der Waals surface area contributed by atoms with Crippen molar-refractivity contribution in [3.05, 3.63) is 77.1 Å². The zero-order valence-electron chi connectivity index (χ0n) is 16.9. The predicted molar refractivity (Wildman–Crippen MR) is 113 cm³/mol. The van der Waals surface area contributed by atoms with Crippen LogP contribution in [0, 0.1) is 13.8 Å². The van der Waals surface area contributed by atoms with E-state index in [9.17, 15) is 13.2 Å². The molecule has 0 atom stereocenters. The van der Waals surface area contributed by atoms with Crippen LogP contribution in [0.1, 0.15) is 27.3 Å². The Kier molecular flexibility index (Phi) is 5.79. The molecule has 3 aromatic rings. The minimum Gasteiger partial charge on any atom is -0.497 e. The lowest BCUT2D eigenvalue weighted by molar-refractivity contribution is 0.0950. The van der Waals surface area contributed by atoms with Crippen molar-refractivity contribution in [3.8, 4) is 11.4 Å². The number of aromatic nitrogens is 1. The van der Waals surface area contributed by atoms with Crippen molar-refractivity contribution in [2.24, 2.45) is 0 Å². The highest BCUT2D eigenvalue weighted by atomic mass is 32.2. The largest absolute Gasteiger partial charge is 0.497 e. The Labute approximate surface area is 171 Å². The summed E-state index contributed by atoms with van der Waals surface area (Å²) in [6.07, 6.45) is 1.17. The quantitative estimate of drug-likeness (QED) is 0.673. The molecule has 152 valence electrons. The Morgan fingerprint density at radius 1 is 1.03 bits per heavy atom. The number of hydrogen-bond acceptors (Lipinski definition) is 4. The van der Waals surface area contributed by atoms with Gasteiger partial charge in [0.1, 0.15) is 5.75 Å². The lowest BCUT2D eigenvalue weighted by Gasteiger charge is -2.11. The van der Waals surface area contributed by atoms with Crippen LogP contribution in [-0.2, 0) is 16.4 Å². The van der Waals surface area contributed by atoms with E-state index in [4.69, 9.17) is 4.74 Å². The molecular formula is C22H24N2O4S. The van der Waals surface area contributed by atoms with E-state index in [1.54, 1.807) is 31.4 Å². The number of carbonyl (C=O) groups excluding carboxylic acids is 1. The fraction of sp³-hybridized carbons (Fsp3) is 0.227. The summed E-state index contributed by atoms with van der Waals surface area (Å²) in [5.74, 6) is 0.598. The first-order chi connectivity index (χ1) is 13.7. The van der Waals surface area contributed by atoms with Gasteiger partial charge in [0, 0.05) is 29.9 Å². The van der Waals surface area contributed by atoms with E-state index >= 15 is 0 Å². The standard InChI is InChI=1S/C22H24N2O4S/c1-15-13-21(16(2)24(15)18-7-9-19(28-3)10-8-18)22(25)23-14-17-5-11-20(12-6-17)29(4,26)27/h5-13H,14H2,1-4H3,(H,23,25). The zero-order chi connectivity index (χ0) is 21.2. The molecule has 1 heterocycles. The summed E-state index contributed by atoms with van der Waals surface area (Å²) < 4.78 is 30.3. The van der Waals surface area contributed by atoms with Gasteiger partial charge in [-0.05, 0) is 61.9 Å². The van der Waals surface area contributed by atoms with Crippen LogP contribution in [-0.4, -0.2) is 32.3 Å². The minimum absolute atomic E-state index is 0.176. The van der Waals surface area contributed by atoms with Crippen molar-refractivity contribution in [3.63, 3.8) is 0 Å². The Hall–Kier alpha value is -3.06. The number of amides is 1. The predicted octanol–water partition coefficient (Wildman–Crippen LogP) is 3.44. The second kappa shape index (κ2) is 8.13. The lowest BCUT2D eigenvalue weighted by atomic mass is 10.2. The van der Waals surface area contributed by atoms with Crippen LogP contribution in [0.25, 0.3) is 5.69 Å². The van der Waals surface area contributed by atoms with Crippen LogP contribution in [0.2, 0.25) is 0 Å². The normalized spacial score (nSPS) is 11.3. The number of carbonyl (C=O) groups is 1. The number of ether oxygens (including phenoxy) is 1. The maximum atomic E-state index is 12.7. The summed E-state index contributed by atoms with van der Waals surface area (Å²) in [4.78, 5) is 13.0. The van der Waals surface area contributed by atoms with Gasteiger partial charge in [0.05, 0.1) is 17.6 Å². The van der Waals surface area contributed by atoms with Crippen LogP contribution in [0.15, 0.2) is 59.5 Å². The summed E-state index contributed by atoms with van der Waals surface area (Å²) in [6.45, 7) is 4.18. The molecular weight excluding hydrogens is 388 g/mol. The van der Waals surface area contributed by atoms with Gasteiger partial charge >= 0.3 is 0 Å². The zero-order valence-corrected chi connectivity index (χ0v) is 17.7. The number of methoxy groups -OCH3 is 1. The van der Waals surface area contributed by atoms with Gasteiger partial charge < -0.3 is 14.6 Å². The Bertz CT molecular complexity index is 1130. The molecule has 2 aromatic carbocycles. The number of rotatable bonds is 6. The molecule has 0 radical (unpaired) electrons. The number of aryl methyl sites for hydroxylation is 1. The van der Waals surface area contributed by atoms with Crippen LogP contribution >= 0.6 is 0 Å². The van der Waals surface area contributed by atoms with Crippen molar-refractivity contribution in [2.75, 3.05) is 13.4 Å². The lowest BCUT2D eigenvalue weighted by Crippen LogP contribution is -2.23. The molecule has 0 unspecified atom stereocenters. The number of nitrogens with one attached hydrogen (secondary N) is 1. The van der Waals surface area contributed by atoms with Gasteiger partial charge in [-0.15, -0.1) is 0 Å². The van der Waals surface area contributed by atoms with Gasteiger partial charge in [-0.2, -0.15) is 0 Å². The van der Waals surface area contributed by atoms with Crippen LogP contribution in [0.4, 0.5) is 0 Å². The van der Waals surface area contributed by atoms with Crippen LogP contribution < -0.4 is 10.1 Å². The summed E-state index contributed by atoms with van der Waals surface area (Å²) in [7, 11) is -1.61. The Morgan fingerprint density at radius 3 is 2.21 bits per heavy atom. The average Bonchev–Trinajstić information content (AvgIpc) is 3.00. The first-order valence-electron chi connectivity index (χ1n) is 9.11. The third-order valence-corrected chi connectivity index (χ3v) is 5.94. The van der Waals surface area contributed by atoms with E-state index < -0.39 is 9.84 Å². The fourth-order valence-electron chi connectivity index (χ4n) is 3.25. The molecule has 6 nitrogen and oxygen atoms in total. The molecule has 0 fully saturated rings. The highest BCUT2D eigenvalue weighted by molar-refractivity contribution is 7.90. The van der Waals surface area contributed by atoms with E-state index in [0.29, 0.717) is 12.1 Å². The average molecular weight is 413 g/mol. The van der Waals surface area contributed by atoms with Crippen molar-refractivity contribution < 1.29 is 17.9 Å².